The fourth-order valence-electron chi connectivity index (χ4n) is 3.59. The van der Waals surface area contributed by atoms with Crippen LogP contribution in [0.4, 0.5) is 4.79 Å². The Morgan fingerprint density at radius 2 is 1.69 bits per heavy atom. The van der Waals surface area contributed by atoms with Crippen LogP contribution >= 0.6 is 0 Å². The number of nitrogens with one attached hydrogen (secondary N) is 2. The van der Waals surface area contributed by atoms with Crippen molar-refractivity contribution in [2.75, 3.05) is 6.54 Å². The predicted octanol–water partition coefficient (Wildman–Crippen LogP) is 4.17. The summed E-state index contributed by atoms with van der Waals surface area (Å²) < 4.78 is 5.26. The highest BCUT2D eigenvalue weighted by Gasteiger charge is 2.39. The van der Waals surface area contributed by atoms with E-state index >= 15 is 0 Å². The van der Waals surface area contributed by atoms with Crippen LogP contribution in [0.2, 0.25) is 0 Å². The van der Waals surface area contributed by atoms with E-state index in [0.29, 0.717) is 0 Å². The minimum atomic E-state index is -0.772. The van der Waals surface area contributed by atoms with Gasteiger partial charge in [0.1, 0.15) is 18.2 Å². The molecule has 1 unspecified atom stereocenters. The van der Waals surface area contributed by atoms with E-state index in [1.807, 2.05) is 52.8 Å². The first kappa shape index (κ1) is 25.7. The number of carbonyl (C=O) groups excluding carboxylic acids is 3. The number of hydrogen-bond acceptors (Lipinski definition) is 4. The summed E-state index contributed by atoms with van der Waals surface area (Å²) in [6.07, 6.45) is 2.03. The van der Waals surface area contributed by atoms with Crippen LogP contribution in [0.1, 0.15) is 83.5 Å². The first-order valence-corrected chi connectivity index (χ1v) is 11.3. The maximum absolute atomic E-state index is 13.5. The van der Waals surface area contributed by atoms with E-state index in [4.69, 9.17) is 4.74 Å². The van der Waals surface area contributed by atoms with E-state index in [0.717, 1.165) is 36.0 Å². The van der Waals surface area contributed by atoms with Crippen molar-refractivity contribution in [1.82, 2.24) is 15.5 Å². The molecule has 0 aromatic heterocycles. The molecule has 178 valence electrons. The molecule has 2 rings (SSSR count). The van der Waals surface area contributed by atoms with Crippen LogP contribution in [0.25, 0.3) is 0 Å². The van der Waals surface area contributed by atoms with Gasteiger partial charge < -0.3 is 20.3 Å². The van der Waals surface area contributed by atoms with E-state index in [9.17, 15) is 14.4 Å². The number of alkyl carbamates (subject to hydrolysis) is 1. The molecule has 3 amide bonds. The molecule has 0 aliphatic heterocycles. The van der Waals surface area contributed by atoms with Crippen LogP contribution < -0.4 is 10.6 Å². The molecule has 1 atom stereocenters. The normalized spacial score (nSPS) is 15.4. The maximum Gasteiger partial charge on any atom is 0.408 e. The number of benzene rings is 1. The Balaban J connectivity index is 2.35. The average Bonchev–Trinajstić information content (AvgIpc) is 2.57. The summed E-state index contributed by atoms with van der Waals surface area (Å²) in [6, 6.07) is 5.05. The Morgan fingerprint density at radius 1 is 1.06 bits per heavy atom. The van der Waals surface area contributed by atoms with Gasteiger partial charge in [-0.25, -0.2) is 4.79 Å². The van der Waals surface area contributed by atoms with Crippen molar-refractivity contribution in [3.63, 3.8) is 0 Å². The number of carbonyl (C=O) groups is 3. The first-order valence-electron chi connectivity index (χ1n) is 11.3. The molecule has 1 aromatic rings. The molecule has 7 nitrogen and oxygen atoms in total. The summed E-state index contributed by atoms with van der Waals surface area (Å²) in [5.74, 6) is -0.522. The molecule has 1 aromatic carbocycles. The van der Waals surface area contributed by atoms with Gasteiger partial charge in [0.15, 0.2) is 0 Å². The van der Waals surface area contributed by atoms with Crippen molar-refractivity contribution >= 4 is 17.9 Å². The molecule has 0 saturated heterocycles. The van der Waals surface area contributed by atoms with Gasteiger partial charge in [0, 0.05) is 11.6 Å². The maximum atomic E-state index is 13.5. The Kier molecular flexibility index (Phi) is 7.97. The van der Waals surface area contributed by atoms with Crippen molar-refractivity contribution in [1.29, 1.82) is 0 Å². The molecule has 1 aliphatic carbocycles. The van der Waals surface area contributed by atoms with Crippen LogP contribution in [0.5, 0.6) is 0 Å². The zero-order chi connectivity index (χ0) is 24.3. The van der Waals surface area contributed by atoms with Gasteiger partial charge in [0.2, 0.25) is 11.8 Å². The largest absolute Gasteiger partial charge is 0.444 e. The molecule has 2 N–H and O–H groups in total. The van der Waals surface area contributed by atoms with Crippen LogP contribution in [-0.4, -0.2) is 46.5 Å². The lowest BCUT2D eigenvalue weighted by molar-refractivity contribution is -0.145. The van der Waals surface area contributed by atoms with Crippen LogP contribution in [0.3, 0.4) is 0 Å². The minimum Gasteiger partial charge on any atom is -0.444 e. The van der Waals surface area contributed by atoms with Gasteiger partial charge in [-0.15, -0.1) is 0 Å². The smallest absolute Gasteiger partial charge is 0.408 e. The Labute approximate surface area is 192 Å². The molecule has 0 radical (unpaired) electrons. The number of nitrogens with zero attached hydrogens (tertiary/aromatic N) is 1. The summed E-state index contributed by atoms with van der Waals surface area (Å²) in [5, 5.41) is 5.59. The lowest BCUT2D eigenvalue weighted by Crippen LogP contribution is -2.55. The van der Waals surface area contributed by atoms with Gasteiger partial charge >= 0.3 is 6.09 Å². The van der Waals surface area contributed by atoms with E-state index in [-0.39, 0.29) is 24.4 Å². The third-order valence-electron chi connectivity index (χ3n) is 5.41. The van der Waals surface area contributed by atoms with Crippen molar-refractivity contribution in [2.24, 2.45) is 0 Å². The van der Waals surface area contributed by atoms with E-state index < -0.39 is 23.3 Å². The molecule has 0 heterocycles. The lowest BCUT2D eigenvalue weighted by Gasteiger charge is -2.43. The molecule has 1 saturated carbocycles. The third kappa shape index (κ3) is 7.24. The average molecular weight is 446 g/mol. The highest BCUT2D eigenvalue weighted by molar-refractivity contribution is 5.91. The molecule has 0 bridgehead atoms. The van der Waals surface area contributed by atoms with E-state index in [1.54, 1.807) is 25.7 Å². The van der Waals surface area contributed by atoms with Gasteiger partial charge in [-0.05, 0) is 91.3 Å². The molecule has 1 fully saturated rings. The van der Waals surface area contributed by atoms with Gasteiger partial charge in [0.25, 0.3) is 0 Å². The highest BCUT2D eigenvalue weighted by Crippen LogP contribution is 2.34. The second-order valence-electron chi connectivity index (χ2n) is 10.7. The quantitative estimate of drug-likeness (QED) is 0.688. The third-order valence-corrected chi connectivity index (χ3v) is 5.41. The van der Waals surface area contributed by atoms with Crippen molar-refractivity contribution < 1.29 is 19.1 Å². The molecule has 0 spiro atoms. The van der Waals surface area contributed by atoms with Crippen LogP contribution in [-0.2, 0) is 14.3 Å². The van der Waals surface area contributed by atoms with Crippen LogP contribution in [0, 0.1) is 13.8 Å². The van der Waals surface area contributed by atoms with E-state index in [2.05, 4.69) is 10.6 Å². The summed E-state index contributed by atoms with van der Waals surface area (Å²) in [7, 11) is 0. The Hall–Kier alpha value is -2.57. The van der Waals surface area contributed by atoms with Gasteiger partial charge in [-0.2, -0.15) is 0 Å². The lowest BCUT2D eigenvalue weighted by atomic mass is 9.88. The fraction of sp³-hybridized carbons (Fsp3) is 0.640. The van der Waals surface area contributed by atoms with Crippen molar-refractivity contribution in [2.45, 2.75) is 97.9 Å². The number of rotatable bonds is 6. The highest BCUT2D eigenvalue weighted by atomic mass is 16.6. The molecular formula is C25H39N3O4. The molecular weight excluding hydrogens is 406 g/mol. The minimum absolute atomic E-state index is 0.0414. The Morgan fingerprint density at radius 3 is 2.16 bits per heavy atom. The summed E-state index contributed by atoms with van der Waals surface area (Å²) >= 11 is 0. The molecule has 7 heteroatoms. The summed E-state index contributed by atoms with van der Waals surface area (Å²) in [5.41, 5.74) is 1.85. The van der Waals surface area contributed by atoms with Gasteiger partial charge in [0.05, 0.1) is 0 Å². The Bertz CT molecular complexity index is 848. The zero-order valence-electron chi connectivity index (χ0n) is 20.8. The number of amides is 3. The zero-order valence-corrected chi connectivity index (χ0v) is 20.8. The van der Waals surface area contributed by atoms with Crippen LogP contribution in [0.15, 0.2) is 18.2 Å². The molecule has 1 aliphatic rings. The van der Waals surface area contributed by atoms with Gasteiger partial charge in [-0.3, -0.25) is 9.59 Å². The SMILES string of the molecule is Cc1ccc(C(C(=O)NC(C)(C)C)N(C(=O)CNC(=O)OC(C)(C)C)C2CCC2)cc1C. The van der Waals surface area contributed by atoms with E-state index in [1.165, 1.54) is 0 Å². The number of ether oxygens (including phenoxy) is 1. The van der Waals surface area contributed by atoms with Gasteiger partial charge in [-0.1, -0.05) is 18.2 Å². The number of hydrogen-bond donors (Lipinski definition) is 2. The first-order chi connectivity index (χ1) is 14.7. The second-order valence-corrected chi connectivity index (χ2v) is 10.7. The fourth-order valence-corrected chi connectivity index (χ4v) is 3.59. The standard InChI is InChI=1S/C25H39N3O4/c1-16-12-13-18(14-17(16)2)21(22(30)27-24(3,4)5)28(19-10-9-11-19)20(29)15-26-23(31)32-25(6,7)8/h12-14,19,21H,9-11,15H2,1-8H3,(H,26,31)(H,27,30). The molecule has 32 heavy (non-hydrogen) atoms. The van der Waals surface area contributed by atoms with Crippen molar-refractivity contribution in [3.8, 4) is 0 Å². The summed E-state index contributed by atoms with van der Waals surface area (Å²) in [6.45, 7) is 14.8. The number of aryl methyl sites for hydroxylation is 2. The topological polar surface area (TPSA) is 87.7 Å². The monoisotopic (exact) mass is 445 g/mol. The second kappa shape index (κ2) is 9.92. The van der Waals surface area contributed by atoms with Crippen molar-refractivity contribution in [3.05, 3.63) is 34.9 Å². The predicted molar refractivity (Wildman–Crippen MR) is 125 cm³/mol. The summed E-state index contributed by atoms with van der Waals surface area (Å²) in [4.78, 5) is 40.6.